The zero-order valence-corrected chi connectivity index (χ0v) is 10.6. The third kappa shape index (κ3) is 5.32. The number of nitrogens with one attached hydrogen (secondary N) is 1. The molecular weight excluding hydrogens is 230 g/mol. The van der Waals surface area contributed by atoms with Crippen LogP contribution in [0.4, 0.5) is 0 Å². The van der Waals surface area contributed by atoms with Crippen LogP contribution in [0.1, 0.15) is 5.56 Å². The van der Waals surface area contributed by atoms with Crippen molar-refractivity contribution >= 4 is 5.91 Å². The van der Waals surface area contributed by atoms with Crippen molar-refractivity contribution in [1.29, 1.82) is 5.26 Å². The molecule has 0 heterocycles. The molecule has 0 spiro atoms. The Labute approximate surface area is 107 Å². The molecule has 0 aliphatic heterocycles. The molecule has 1 N–H and O–H groups in total. The van der Waals surface area contributed by atoms with Gasteiger partial charge in [0.1, 0.15) is 5.75 Å². The van der Waals surface area contributed by atoms with Gasteiger partial charge in [-0.25, -0.2) is 0 Å². The van der Waals surface area contributed by atoms with E-state index >= 15 is 0 Å². The number of carbonyl (C=O) groups excluding carboxylic acids is 1. The number of benzene rings is 1. The molecule has 1 aromatic carbocycles. The minimum Gasteiger partial charge on any atom is -0.484 e. The molecule has 5 nitrogen and oxygen atoms in total. The Morgan fingerprint density at radius 1 is 1.39 bits per heavy atom. The molecule has 0 saturated carbocycles. The minimum atomic E-state index is -0.152. The molecule has 0 aromatic heterocycles. The van der Waals surface area contributed by atoms with Crippen LogP contribution in [-0.2, 0) is 4.79 Å². The smallest absolute Gasteiger partial charge is 0.257 e. The number of hydrogen-bond donors (Lipinski definition) is 1. The number of nitriles is 1. The molecule has 0 bridgehead atoms. The van der Waals surface area contributed by atoms with E-state index in [1.807, 2.05) is 25.1 Å². The van der Waals surface area contributed by atoms with Gasteiger partial charge in [0.2, 0.25) is 0 Å². The normalized spacial score (nSPS) is 9.89. The van der Waals surface area contributed by atoms with E-state index < -0.39 is 0 Å². The van der Waals surface area contributed by atoms with Crippen LogP contribution in [0.25, 0.3) is 0 Å². The Kier molecular flexibility index (Phi) is 5.68. The Morgan fingerprint density at radius 3 is 2.61 bits per heavy atom. The first-order chi connectivity index (χ1) is 8.61. The third-order valence-electron chi connectivity index (χ3n) is 2.23. The first-order valence-electron chi connectivity index (χ1n) is 5.66. The van der Waals surface area contributed by atoms with Crippen LogP contribution >= 0.6 is 0 Å². The Hall–Kier alpha value is -2.06. The summed E-state index contributed by atoms with van der Waals surface area (Å²) < 4.78 is 5.29. The van der Waals surface area contributed by atoms with Crippen molar-refractivity contribution in [3.8, 4) is 11.8 Å². The van der Waals surface area contributed by atoms with Crippen molar-refractivity contribution in [2.75, 3.05) is 33.8 Å². The molecule has 1 aromatic rings. The summed E-state index contributed by atoms with van der Waals surface area (Å²) in [6, 6.07) is 8.67. The lowest BCUT2D eigenvalue weighted by Crippen LogP contribution is -2.34. The maximum Gasteiger partial charge on any atom is 0.257 e. The van der Waals surface area contributed by atoms with Crippen molar-refractivity contribution < 1.29 is 9.53 Å². The minimum absolute atomic E-state index is 0.0146. The van der Waals surface area contributed by atoms with Gasteiger partial charge in [-0.15, -0.1) is 0 Å². The first-order valence-corrected chi connectivity index (χ1v) is 5.66. The lowest BCUT2D eigenvalue weighted by atomic mass is 10.2. The number of likely N-dealkylation sites (N-methyl/N-ethyl adjacent to an activating group) is 1. The second kappa shape index (κ2) is 7.30. The summed E-state index contributed by atoms with van der Waals surface area (Å²) in [6.45, 7) is 1.38. The van der Waals surface area contributed by atoms with E-state index in [-0.39, 0.29) is 12.5 Å². The van der Waals surface area contributed by atoms with E-state index in [1.165, 1.54) is 0 Å². The predicted octanol–water partition coefficient (Wildman–Crippen LogP) is 0.615. The number of hydrogen-bond acceptors (Lipinski definition) is 4. The van der Waals surface area contributed by atoms with E-state index in [0.29, 0.717) is 17.9 Å². The molecule has 18 heavy (non-hydrogen) atoms. The van der Waals surface area contributed by atoms with Gasteiger partial charge < -0.3 is 15.0 Å². The number of nitrogens with zero attached hydrogens (tertiary/aromatic N) is 2. The van der Waals surface area contributed by atoms with Crippen molar-refractivity contribution in [2.24, 2.45) is 0 Å². The van der Waals surface area contributed by atoms with Crippen molar-refractivity contribution in [3.63, 3.8) is 0 Å². The van der Waals surface area contributed by atoms with Crippen molar-refractivity contribution in [3.05, 3.63) is 29.8 Å². The molecule has 1 amide bonds. The lowest BCUT2D eigenvalue weighted by Gasteiger charge is -2.11. The fraction of sp³-hybridized carbons (Fsp3) is 0.385. The average Bonchev–Trinajstić information content (AvgIpc) is 2.36. The van der Waals surface area contributed by atoms with Gasteiger partial charge in [-0.1, -0.05) is 0 Å². The number of ether oxygens (including phenoxy) is 1. The maximum absolute atomic E-state index is 11.4. The number of carbonyl (C=O) groups is 1. The van der Waals surface area contributed by atoms with Crippen LogP contribution in [-0.4, -0.2) is 44.6 Å². The van der Waals surface area contributed by atoms with Gasteiger partial charge >= 0.3 is 0 Å². The van der Waals surface area contributed by atoms with Crippen LogP contribution in [0, 0.1) is 11.3 Å². The second-order valence-electron chi connectivity index (χ2n) is 4.08. The molecule has 0 aliphatic carbocycles. The van der Waals surface area contributed by atoms with Crippen LogP contribution < -0.4 is 10.1 Å². The van der Waals surface area contributed by atoms with Gasteiger partial charge in [-0.3, -0.25) is 4.79 Å². The quantitative estimate of drug-likeness (QED) is 0.800. The zero-order valence-electron chi connectivity index (χ0n) is 10.6. The summed E-state index contributed by atoms with van der Waals surface area (Å²) in [5, 5.41) is 11.4. The van der Waals surface area contributed by atoms with Crippen molar-refractivity contribution in [2.45, 2.75) is 0 Å². The highest BCUT2D eigenvalue weighted by Crippen LogP contribution is 2.10. The van der Waals surface area contributed by atoms with Gasteiger partial charge in [0, 0.05) is 13.1 Å². The van der Waals surface area contributed by atoms with E-state index in [9.17, 15) is 4.79 Å². The summed E-state index contributed by atoms with van der Waals surface area (Å²) in [5.41, 5.74) is 0.567. The number of rotatable bonds is 6. The summed E-state index contributed by atoms with van der Waals surface area (Å²) in [6.07, 6.45) is 0. The summed E-state index contributed by atoms with van der Waals surface area (Å²) in [7, 11) is 3.89. The lowest BCUT2D eigenvalue weighted by molar-refractivity contribution is -0.123. The summed E-state index contributed by atoms with van der Waals surface area (Å²) >= 11 is 0. The second-order valence-corrected chi connectivity index (χ2v) is 4.08. The van der Waals surface area contributed by atoms with Gasteiger partial charge in [0.25, 0.3) is 5.91 Å². The topological polar surface area (TPSA) is 65.4 Å². The summed E-state index contributed by atoms with van der Waals surface area (Å²) in [5.74, 6) is 0.429. The zero-order chi connectivity index (χ0) is 13.4. The Balaban J connectivity index is 2.27. The maximum atomic E-state index is 11.4. The van der Waals surface area contributed by atoms with E-state index in [1.54, 1.807) is 24.3 Å². The molecule has 0 aliphatic rings. The molecule has 0 saturated heterocycles. The van der Waals surface area contributed by atoms with Crippen LogP contribution in [0.15, 0.2) is 24.3 Å². The van der Waals surface area contributed by atoms with Gasteiger partial charge in [-0.05, 0) is 38.4 Å². The highest BCUT2D eigenvalue weighted by Gasteiger charge is 2.02. The third-order valence-corrected chi connectivity index (χ3v) is 2.23. The fourth-order valence-electron chi connectivity index (χ4n) is 1.24. The Bertz CT molecular complexity index is 421. The van der Waals surface area contributed by atoms with Crippen LogP contribution in [0.2, 0.25) is 0 Å². The molecule has 96 valence electrons. The van der Waals surface area contributed by atoms with E-state index in [4.69, 9.17) is 10.00 Å². The van der Waals surface area contributed by atoms with Gasteiger partial charge in [0.05, 0.1) is 11.6 Å². The molecule has 0 radical (unpaired) electrons. The molecular formula is C13H17N3O2. The average molecular weight is 247 g/mol. The molecule has 5 heteroatoms. The number of amides is 1. The first kappa shape index (κ1) is 14.0. The highest BCUT2D eigenvalue weighted by atomic mass is 16.5. The molecule has 1 rings (SSSR count). The van der Waals surface area contributed by atoms with E-state index in [2.05, 4.69) is 5.32 Å². The highest BCUT2D eigenvalue weighted by molar-refractivity contribution is 5.77. The fourth-order valence-corrected chi connectivity index (χ4v) is 1.24. The standard InChI is InChI=1S/C13H17N3O2/c1-16(2)8-7-15-13(17)10-18-12-5-3-11(9-14)4-6-12/h3-6H,7-8,10H2,1-2H3,(H,15,17). The largest absolute Gasteiger partial charge is 0.484 e. The van der Waals surface area contributed by atoms with Gasteiger partial charge in [0.15, 0.2) is 6.61 Å². The van der Waals surface area contributed by atoms with Crippen LogP contribution in [0.5, 0.6) is 5.75 Å². The van der Waals surface area contributed by atoms with E-state index in [0.717, 1.165) is 6.54 Å². The van der Waals surface area contributed by atoms with Crippen molar-refractivity contribution in [1.82, 2.24) is 10.2 Å². The SMILES string of the molecule is CN(C)CCNC(=O)COc1ccc(C#N)cc1. The van der Waals surface area contributed by atoms with Crippen LogP contribution in [0.3, 0.4) is 0 Å². The molecule has 0 unspecified atom stereocenters. The Morgan fingerprint density at radius 2 is 2.06 bits per heavy atom. The molecule has 0 fully saturated rings. The molecule has 0 atom stereocenters. The predicted molar refractivity (Wildman–Crippen MR) is 68.2 cm³/mol. The van der Waals surface area contributed by atoms with Gasteiger partial charge in [-0.2, -0.15) is 5.26 Å². The summed E-state index contributed by atoms with van der Waals surface area (Å²) in [4.78, 5) is 13.4. The monoisotopic (exact) mass is 247 g/mol.